The number of aliphatic carboxylic acids is 1. The van der Waals surface area contributed by atoms with E-state index in [1.54, 1.807) is 13.4 Å². The number of carboxylic acid groups (broad SMARTS) is 1. The van der Waals surface area contributed by atoms with Crippen molar-refractivity contribution >= 4 is 11.9 Å². The number of hydrogen-bond acceptors (Lipinski definition) is 4. The van der Waals surface area contributed by atoms with Crippen LogP contribution >= 0.6 is 0 Å². The van der Waals surface area contributed by atoms with E-state index in [4.69, 9.17) is 4.74 Å². The number of hydrogen-bond donors (Lipinski definition) is 1. The molecule has 0 aliphatic carbocycles. The summed E-state index contributed by atoms with van der Waals surface area (Å²) < 4.78 is 7.35. The molecule has 3 aromatic carbocycles. The van der Waals surface area contributed by atoms with Crippen LogP contribution < -0.4 is 4.74 Å². The van der Waals surface area contributed by atoms with Crippen molar-refractivity contribution in [2.24, 2.45) is 0 Å². The molecule has 1 amide bonds. The number of ether oxygens (including phenoxy) is 1. The molecule has 1 aliphatic rings. The van der Waals surface area contributed by atoms with Gasteiger partial charge in [0, 0.05) is 31.0 Å². The number of fused-ring (bicyclic) bond motifs is 1. The largest absolute Gasteiger partial charge is 0.496 e. The predicted octanol–water partition coefficient (Wildman–Crippen LogP) is 4.81. The summed E-state index contributed by atoms with van der Waals surface area (Å²) in [7, 11) is 1.65. The molecule has 2 heterocycles. The van der Waals surface area contributed by atoms with Gasteiger partial charge >= 0.3 is 5.97 Å². The van der Waals surface area contributed by atoms with Gasteiger partial charge in [0.15, 0.2) is 0 Å². The molecule has 0 unspecified atom stereocenters. The number of carbonyl (C=O) groups excluding carboxylic acids is 1. The maximum absolute atomic E-state index is 13.7. The van der Waals surface area contributed by atoms with E-state index in [1.165, 1.54) is 4.90 Å². The maximum Gasteiger partial charge on any atom is 0.326 e. The summed E-state index contributed by atoms with van der Waals surface area (Å²) in [5.74, 6) is -0.545. The van der Waals surface area contributed by atoms with Crippen molar-refractivity contribution in [2.45, 2.75) is 44.8 Å². The van der Waals surface area contributed by atoms with Crippen LogP contribution in [-0.4, -0.2) is 44.6 Å². The third-order valence-electron chi connectivity index (χ3n) is 7.32. The van der Waals surface area contributed by atoms with Crippen molar-refractivity contribution < 1.29 is 19.4 Å². The maximum atomic E-state index is 13.7. The van der Waals surface area contributed by atoms with Gasteiger partial charge in [-0.15, -0.1) is 0 Å². The van der Waals surface area contributed by atoms with E-state index in [2.05, 4.69) is 11.1 Å². The van der Waals surface area contributed by atoms with Crippen LogP contribution in [0.1, 0.15) is 46.0 Å². The Morgan fingerprint density at radius 3 is 2.26 bits per heavy atom. The molecule has 1 N–H and O–H groups in total. The fraction of sp³-hybridized carbons (Fsp3) is 0.258. The van der Waals surface area contributed by atoms with Crippen molar-refractivity contribution in [3.05, 3.63) is 119 Å². The highest BCUT2D eigenvalue weighted by atomic mass is 16.5. The van der Waals surface area contributed by atoms with Gasteiger partial charge in [-0.2, -0.15) is 0 Å². The van der Waals surface area contributed by atoms with Gasteiger partial charge in [0.2, 0.25) is 5.91 Å². The molecule has 194 valence electrons. The molecule has 0 saturated carbocycles. The van der Waals surface area contributed by atoms with Crippen LogP contribution in [0.25, 0.3) is 0 Å². The third-order valence-corrected chi connectivity index (χ3v) is 7.32. The number of rotatable bonds is 8. The molecule has 38 heavy (non-hydrogen) atoms. The van der Waals surface area contributed by atoms with Crippen LogP contribution in [0, 0.1) is 6.92 Å². The minimum atomic E-state index is -1.01. The van der Waals surface area contributed by atoms with Gasteiger partial charge in [0.25, 0.3) is 0 Å². The quantitative estimate of drug-likeness (QED) is 0.369. The molecule has 1 atom stereocenters. The lowest BCUT2D eigenvalue weighted by Gasteiger charge is -2.34. The molecule has 0 saturated heterocycles. The Morgan fingerprint density at radius 1 is 1.03 bits per heavy atom. The molecule has 5 rings (SSSR count). The molecule has 0 bridgehead atoms. The SMILES string of the molecule is COc1ccc(Cn2cnc3c2C[C@@H](C(=O)O)N(C(=O)CC(c2ccccc2)c2ccccc2)C3)cc1C. The van der Waals surface area contributed by atoms with E-state index in [1.807, 2.05) is 84.3 Å². The van der Waals surface area contributed by atoms with Gasteiger partial charge in [-0.05, 0) is 35.2 Å². The van der Waals surface area contributed by atoms with E-state index in [0.717, 1.165) is 39.4 Å². The zero-order valence-corrected chi connectivity index (χ0v) is 21.6. The Balaban J connectivity index is 1.39. The van der Waals surface area contributed by atoms with Crippen molar-refractivity contribution in [3.8, 4) is 5.75 Å². The normalized spacial score (nSPS) is 14.8. The Kier molecular flexibility index (Phi) is 7.26. The van der Waals surface area contributed by atoms with E-state index < -0.39 is 12.0 Å². The van der Waals surface area contributed by atoms with Crippen LogP contribution in [0.4, 0.5) is 0 Å². The first-order valence-electron chi connectivity index (χ1n) is 12.7. The average molecular weight is 510 g/mol. The van der Waals surface area contributed by atoms with Gasteiger partial charge < -0.3 is 19.3 Å². The van der Waals surface area contributed by atoms with Gasteiger partial charge in [-0.3, -0.25) is 4.79 Å². The van der Waals surface area contributed by atoms with Crippen molar-refractivity contribution in [2.75, 3.05) is 7.11 Å². The minimum absolute atomic E-state index is 0.170. The molecule has 1 aromatic heterocycles. The average Bonchev–Trinajstić information content (AvgIpc) is 3.33. The number of aryl methyl sites for hydroxylation is 1. The van der Waals surface area contributed by atoms with Crippen molar-refractivity contribution in [1.82, 2.24) is 14.5 Å². The molecule has 7 heteroatoms. The van der Waals surface area contributed by atoms with Crippen LogP contribution in [0.15, 0.2) is 85.2 Å². The Hall–Kier alpha value is -4.39. The standard InChI is InChI=1S/C31H31N3O4/c1-21-15-22(13-14-29(21)38-2)18-33-20-32-26-19-34(28(31(36)37)17-27(26)33)30(35)16-25(23-9-5-3-6-10-23)24-11-7-4-8-12-24/h3-15,20,25,28H,16-19H2,1-2H3,(H,36,37)/t28-/m0/s1. The third kappa shape index (κ3) is 5.18. The molecule has 4 aromatic rings. The van der Waals surface area contributed by atoms with Crippen LogP contribution in [-0.2, 0) is 29.1 Å². The smallest absolute Gasteiger partial charge is 0.326 e. The zero-order chi connectivity index (χ0) is 26.6. The van der Waals surface area contributed by atoms with Crippen molar-refractivity contribution in [1.29, 1.82) is 0 Å². The number of carbonyl (C=O) groups is 2. The van der Waals surface area contributed by atoms with Crippen LogP contribution in [0.3, 0.4) is 0 Å². The number of methoxy groups -OCH3 is 1. The molecule has 0 spiro atoms. The summed E-state index contributed by atoms with van der Waals surface area (Å²) in [6.45, 7) is 2.74. The topological polar surface area (TPSA) is 84.7 Å². The molecule has 7 nitrogen and oxygen atoms in total. The number of benzene rings is 3. The minimum Gasteiger partial charge on any atom is -0.496 e. The highest BCUT2D eigenvalue weighted by Crippen LogP contribution is 2.31. The summed E-state index contributed by atoms with van der Waals surface area (Å²) in [5, 5.41) is 10.1. The molecule has 0 radical (unpaired) electrons. The van der Waals surface area contributed by atoms with Gasteiger partial charge in [-0.1, -0.05) is 72.8 Å². The lowest BCUT2D eigenvalue weighted by atomic mass is 9.87. The number of carboxylic acids is 1. The van der Waals surface area contributed by atoms with Crippen LogP contribution in [0.5, 0.6) is 5.75 Å². The van der Waals surface area contributed by atoms with Crippen LogP contribution in [0.2, 0.25) is 0 Å². The first-order valence-corrected chi connectivity index (χ1v) is 12.7. The summed E-state index contributed by atoms with van der Waals surface area (Å²) in [4.78, 5) is 32.1. The second kappa shape index (κ2) is 10.9. The van der Waals surface area contributed by atoms with Gasteiger partial charge in [-0.25, -0.2) is 9.78 Å². The van der Waals surface area contributed by atoms with E-state index in [9.17, 15) is 14.7 Å². The summed E-state index contributed by atoms with van der Waals surface area (Å²) in [5.41, 5.74) is 5.76. The monoisotopic (exact) mass is 509 g/mol. The number of amides is 1. The van der Waals surface area contributed by atoms with Crippen molar-refractivity contribution in [3.63, 3.8) is 0 Å². The molecular formula is C31H31N3O4. The predicted molar refractivity (Wildman–Crippen MR) is 144 cm³/mol. The summed E-state index contributed by atoms with van der Waals surface area (Å²) >= 11 is 0. The van der Waals surface area contributed by atoms with Gasteiger partial charge in [0.05, 0.1) is 25.7 Å². The fourth-order valence-electron chi connectivity index (χ4n) is 5.33. The van der Waals surface area contributed by atoms with E-state index in [0.29, 0.717) is 6.54 Å². The Bertz CT molecular complexity index is 1390. The fourth-order valence-corrected chi connectivity index (χ4v) is 5.33. The molecule has 1 aliphatic heterocycles. The first-order chi connectivity index (χ1) is 18.4. The molecular weight excluding hydrogens is 478 g/mol. The first kappa shape index (κ1) is 25.3. The number of aromatic nitrogens is 2. The number of imidazole rings is 1. The summed E-state index contributed by atoms with van der Waals surface area (Å²) in [6.07, 6.45) is 2.14. The Labute approximate surface area is 222 Å². The lowest BCUT2D eigenvalue weighted by Crippen LogP contribution is -2.49. The highest BCUT2D eigenvalue weighted by molar-refractivity contribution is 5.85. The lowest BCUT2D eigenvalue weighted by molar-refractivity contribution is -0.151. The second-order valence-corrected chi connectivity index (χ2v) is 9.73. The molecule has 0 fully saturated rings. The summed E-state index contributed by atoms with van der Waals surface area (Å²) in [6, 6.07) is 24.8. The Morgan fingerprint density at radius 2 is 1.68 bits per heavy atom. The highest BCUT2D eigenvalue weighted by Gasteiger charge is 2.37. The van der Waals surface area contributed by atoms with E-state index in [-0.39, 0.29) is 31.2 Å². The van der Waals surface area contributed by atoms with Gasteiger partial charge in [0.1, 0.15) is 11.8 Å². The zero-order valence-electron chi connectivity index (χ0n) is 21.6. The number of nitrogens with zero attached hydrogens (tertiary/aromatic N) is 3. The second-order valence-electron chi connectivity index (χ2n) is 9.73. The van der Waals surface area contributed by atoms with E-state index >= 15 is 0 Å².